The summed E-state index contributed by atoms with van der Waals surface area (Å²) < 4.78 is 1.43. The Morgan fingerprint density at radius 1 is 1.06 bits per heavy atom. The van der Waals surface area contributed by atoms with Crippen LogP contribution in [-0.2, 0) is 9.59 Å². The molecule has 0 saturated carbocycles. The average molecular weight is 476 g/mol. The zero-order valence-electron chi connectivity index (χ0n) is 20.9. The van der Waals surface area contributed by atoms with E-state index in [1.54, 1.807) is 24.5 Å². The maximum absolute atomic E-state index is 13.5. The molecule has 3 rings (SSSR count). The molecule has 0 radical (unpaired) electrons. The molecule has 0 unspecified atom stereocenters. The first-order chi connectivity index (χ1) is 16.6. The first-order valence-electron chi connectivity index (χ1n) is 11.8. The average Bonchev–Trinajstić information content (AvgIpc) is 2.77. The van der Waals surface area contributed by atoms with E-state index in [0.717, 1.165) is 27.9 Å². The van der Waals surface area contributed by atoms with Gasteiger partial charge in [-0.1, -0.05) is 32.0 Å². The number of rotatable bonds is 9. The van der Waals surface area contributed by atoms with Crippen molar-refractivity contribution in [1.29, 1.82) is 0 Å². The topological polar surface area (TPSA) is 101 Å². The van der Waals surface area contributed by atoms with E-state index in [1.807, 2.05) is 58.9 Å². The van der Waals surface area contributed by atoms with Gasteiger partial charge in [-0.25, -0.2) is 0 Å². The van der Waals surface area contributed by atoms with Gasteiger partial charge in [-0.15, -0.1) is 0 Å². The lowest BCUT2D eigenvalue weighted by Gasteiger charge is -2.25. The molecule has 1 aromatic carbocycles. The van der Waals surface area contributed by atoms with Crippen molar-refractivity contribution < 1.29 is 14.7 Å². The Morgan fingerprint density at radius 2 is 1.74 bits per heavy atom. The van der Waals surface area contributed by atoms with Crippen molar-refractivity contribution >= 4 is 11.9 Å². The molecule has 1 amide bonds. The van der Waals surface area contributed by atoms with E-state index >= 15 is 0 Å². The SMILES string of the molecule is Cc1ccn([C@@H](CC(C)C)C(=O)N[C@@H](CC(=O)O)c2ccnc(-c3c(C)cccc3C)c2)c(=O)c1. The van der Waals surface area contributed by atoms with Crippen molar-refractivity contribution in [3.8, 4) is 11.3 Å². The number of carboxylic acids is 1. The van der Waals surface area contributed by atoms with E-state index in [4.69, 9.17) is 0 Å². The number of aliphatic carboxylic acids is 1. The van der Waals surface area contributed by atoms with Gasteiger partial charge in [0.05, 0.1) is 18.2 Å². The minimum absolute atomic E-state index is 0.147. The fourth-order valence-corrected chi connectivity index (χ4v) is 4.35. The number of carbonyl (C=O) groups is 2. The van der Waals surface area contributed by atoms with Crippen LogP contribution in [0.4, 0.5) is 0 Å². The van der Waals surface area contributed by atoms with Gasteiger partial charge in [-0.3, -0.25) is 19.4 Å². The van der Waals surface area contributed by atoms with Crippen LogP contribution in [0.2, 0.25) is 0 Å². The van der Waals surface area contributed by atoms with E-state index in [-0.39, 0.29) is 23.8 Å². The van der Waals surface area contributed by atoms with Gasteiger partial charge in [0.25, 0.3) is 5.56 Å². The van der Waals surface area contributed by atoms with E-state index < -0.39 is 18.1 Å². The third-order valence-electron chi connectivity index (χ3n) is 6.06. The summed E-state index contributed by atoms with van der Waals surface area (Å²) in [6.07, 6.45) is 3.41. The second-order valence-electron chi connectivity index (χ2n) is 9.50. The molecule has 0 saturated heterocycles. The first-order valence-corrected chi connectivity index (χ1v) is 11.8. The number of carboxylic acid groups (broad SMARTS) is 1. The molecule has 2 atom stereocenters. The number of pyridine rings is 2. The number of benzene rings is 1. The largest absolute Gasteiger partial charge is 0.481 e. The van der Waals surface area contributed by atoms with Gasteiger partial charge in [0.15, 0.2) is 0 Å². The molecule has 2 N–H and O–H groups in total. The normalized spacial score (nSPS) is 12.9. The Hall–Kier alpha value is -3.74. The quantitative estimate of drug-likeness (QED) is 0.465. The van der Waals surface area contributed by atoms with Crippen molar-refractivity contribution in [2.45, 2.75) is 59.5 Å². The summed E-state index contributed by atoms with van der Waals surface area (Å²) in [6, 6.07) is 11.3. The van der Waals surface area contributed by atoms with E-state index in [2.05, 4.69) is 10.3 Å². The van der Waals surface area contributed by atoms with Gasteiger partial charge in [-0.05, 0) is 73.6 Å². The molecule has 2 aromatic heterocycles. The van der Waals surface area contributed by atoms with Crippen molar-refractivity contribution in [2.24, 2.45) is 5.92 Å². The summed E-state index contributed by atoms with van der Waals surface area (Å²) in [7, 11) is 0. The highest BCUT2D eigenvalue weighted by molar-refractivity contribution is 5.81. The van der Waals surface area contributed by atoms with Gasteiger partial charge in [0, 0.05) is 24.0 Å². The van der Waals surface area contributed by atoms with Crippen LogP contribution in [-0.4, -0.2) is 26.5 Å². The summed E-state index contributed by atoms with van der Waals surface area (Å²) in [5.74, 6) is -1.27. The minimum Gasteiger partial charge on any atom is -0.481 e. The van der Waals surface area contributed by atoms with Crippen LogP contribution in [0.15, 0.2) is 59.7 Å². The Morgan fingerprint density at radius 3 is 2.34 bits per heavy atom. The number of nitrogens with one attached hydrogen (secondary N) is 1. The van der Waals surface area contributed by atoms with Gasteiger partial charge in [-0.2, -0.15) is 0 Å². The molecule has 0 fully saturated rings. The molecule has 7 heteroatoms. The highest BCUT2D eigenvalue weighted by atomic mass is 16.4. The maximum atomic E-state index is 13.5. The number of carbonyl (C=O) groups excluding carboxylic acids is 1. The molecule has 2 heterocycles. The van der Waals surface area contributed by atoms with Crippen LogP contribution in [0.25, 0.3) is 11.3 Å². The van der Waals surface area contributed by atoms with Crippen LogP contribution in [0.5, 0.6) is 0 Å². The predicted octanol–water partition coefficient (Wildman–Crippen LogP) is 4.75. The summed E-state index contributed by atoms with van der Waals surface area (Å²) in [5, 5.41) is 12.5. The molecular weight excluding hydrogens is 442 g/mol. The van der Waals surface area contributed by atoms with Crippen molar-refractivity contribution in [3.63, 3.8) is 0 Å². The molecule has 3 aromatic rings. The second-order valence-corrected chi connectivity index (χ2v) is 9.50. The highest BCUT2D eigenvalue weighted by Crippen LogP contribution is 2.29. The summed E-state index contributed by atoms with van der Waals surface area (Å²) in [5.41, 5.74) is 5.02. The molecule has 0 spiro atoms. The molecule has 0 aliphatic carbocycles. The third kappa shape index (κ3) is 6.44. The Balaban J connectivity index is 1.98. The van der Waals surface area contributed by atoms with Crippen LogP contribution in [0.3, 0.4) is 0 Å². The Kier molecular flexibility index (Phi) is 8.22. The van der Waals surface area contributed by atoms with Crippen LogP contribution in [0, 0.1) is 26.7 Å². The summed E-state index contributed by atoms with van der Waals surface area (Å²) in [4.78, 5) is 42.3. The fourth-order valence-electron chi connectivity index (χ4n) is 4.35. The van der Waals surface area contributed by atoms with E-state index in [9.17, 15) is 19.5 Å². The number of nitrogens with zero attached hydrogens (tertiary/aromatic N) is 2. The summed E-state index contributed by atoms with van der Waals surface area (Å²) >= 11 is 0. The number of hydrogen-bond acceptors (Lipinski definition) is 4. The Bertz CT molecular complexity index is 1260. The first kappa shape index (κ1) is 25.9. The lowest BCUT2D eigenvalue weighted by atomic mass is 9.96. The maximum Gasteiger partial charge on any atom is 0.305 e. The predicted molar refractivity (Wildman–Crippen MR) is 136 cm³/mol. The highest BCUT2D eigenvalue weighted by Gasteiger charge is 2.27. The van der Waals surface area contributed by atoms with Crippen LogP contribution in [0.1, 0.15) is 61.0 Å². The third-order valence-corrected chi connectivity index (χ3v) is 6.06. The molecule has 184 valence electrons. The van der Waals surface area contributed by atoms with Gasteiger partial charge >= 0.3 is 5.97 Å². The van der Waals surface area contributed by atoms with Crippen LogP contribution < -0.4 is 10.9 Å². The molecule has 7 nitrogen and oxygen atoms in total. The fraction of sp³-hybridized carbons (Fsp3) is 0.357. The number of aryl methyl sites for hydroxylation is 3. The smallest absolute Gasteiger partial charge is 0.305 e. The van der Waals surface area contributed by atoms with Crippen molar-refractivity contribution in [3.05, 3.63) is 87.5 Å². The zero-order chi connectivity index (χ0) is 25.7. The number of hydrogen-bond donors (Lipinski definition) is 2. The molecule has 0 bridgehead atoms. The van der Waals surface area contributed by atoms with E-state index in [0.29, 0.717) is 12.0 Å². The van der Waals surface area contributed by atoms with Crippen LogP contribution >= 0.6 is 0 Å². The molecule has 0 aliphatic heterocycles. The Labute approximate surface area is 205 Å². The minimum atomic E-state index is -1.03. The van der Waals surface area contributed by atoms with Gasteiger partial charge in [0.2, 0.25) is 5.91 Å². The number of amides is 1. The zero-order valence-corrected chi connectivity index (χ0v) is 20.9. The molecular formula is C28H33N3O4. The monoisotopic (exact) mass is 475 g/mol. The lowest BCUT2D eigenvalue weighted by molar-refractivity contribution is -0.138. The second kappa shape index (κ2) is 11.1. The molecule has 35 heavy (non-hydrogen) atoms. The number of aromatic nitrogens is 2. The summed E-state index contributed by atoms with van der Waals surface area (Å²) in [6.45, 7) is 9.79. The van der Waals surface area contributed by atoms with E-state index in [1.165, 1.54) is 10.6 Å². The lowest BCUT2D eigenvalue weighted by Crippen LogP contribution is -2.40. The van der Waals surface area contributed by atoms with Gasteiger partial charge < -0.3 is 15.0 Å². The van der Waals surface area contributed by atoms with Crippen molar-refractivity contribution in [1.82, 2.24) is 14.9 Å². The van der Waals surface area contributed by atoms with Crippen molar-refractivity contribution in [2.75, 3.05) is 0 Å². The standard InChI is InChI=1S/C28H33N3O4/c1-17(2)13-24(31-12-10-18(3)14-25(31)32)28(35)30-22(16-26(33)34)21-9-11-29-23(15-21)27-19(4)7-6-8-20(27)5/h6-12,14-15,17,22,24H,13,16H2,1-5H3,(H,30,35)(H,33,34)/t22-,24-/m0/s1. The van der Waals surface area contributed by atoms with Gasteiger partial charge in [0.1, 0.15) is 6.04 Å². The molecule has 0 aliphatic rings.